The van der Waals surface area contributed by atoms with Crippen LogP contribution in [0.4, 0.5) is 5.95 Å². The van der Waals surface area contributed by atoms with Gasteiger partial charge >= 0.3 is 0 Å². The second kappa shape index (κ2) is 6.65. The molecule has 0 aliphatic heterocycles. The standard InChI is InChI=1S/C20H18N4O/c25-19(24-20-22-17-8-4-5-9-18(17)23-20)13-11-15-10-12-16(21-15)14-6-2-1-3-7-14/h1-10,12,21H,11,13H2,(H2,22,23,24,25). The molecule has 4 aromatic rings. The van der Waals surface area contributed by atoms with Crippen LogP contribution in [0.3, 0.4) is 0 Å². The molecule has 0 spiro atoms. The van der Waals surface area contributed by atoms with Crippen molar-refractivity contribution in [2.45, 2.75) is 12.8 Å². The zero-order chi connectivity index (χ0) is 17.1. The molecule has 0 bridgehead atoms. The summed E-state index contributed by atoms with van der Waals surface area (Å²) in [5.74, 6) is 0.428. The maximum Gasteiger partial charge on any atom is 0.227 e. The van der Waals surface area contributed by atoms with E-state index in [1.54, 1.807) is 0 Å². The van der Waals surface area contributed by atoms with Gasteiger partial charge in [-0.1, -0.05) is 42.5 Å². The quantitative estimate of drug-likeness (QED) is 0.515. The molecule has 0 aliphatic carbocycles. The summed E-state index contributed by atoms with van der Waals surface area (Å²) in [5.41, 5.74) is 5.00. The molecule has 0 atom stereocenters. The molecular weight excluding hydrogens is 312 g/mol. The van der Waals surface area contributed by atoms with Gasteiger partial charge in [0.15, 0.2) is 0 Å². The van der Waals surface area contributed by atoms with Crippen molar-refractivity contribution < 1.29 is 4.79 Å². The van der Waals surface area contributed by atoms with Crippen molar-refractivity contribution in [3.8, 4) is 11.3 Å². The smallest absolute Gasteiger partial charge is 0.227 e. The topological polar surface area (TPSA) is 73.6 Å². The van der Waals surface area contributed by atoms with Crippen LogP contribution in [0.5, 0.6) is 0 Å². The number of H-pyrrole nitrogens is 2. The molecule has 3 N–H and O–H groups in total. The summed E-state index contributed by atoms with van der Waals surface area (Å²) in [4.78, 5) is 23.0. The number of carbonyl (C=O) groups excluding carboxylic acids is 1. The largest absolute Gasteiger partial charge is 0.358 e. The molecule has 124 valence electrons. The molecule has 0 radical (unpaired) electrons. The Hall–Kier alpha value is -3.34. The van der Waals surface area contributed by atoms with Gasteiger partial charge in [0.25, 0.3) is 0 Å². The van der Waals surface area contributed by atoms with Gasteiger partial charge in [-0.2, -0.15) is 0 Å². The fourth-order valence-electron chi connectivity index (χ4n) is 2.83. The van der Waals surface area contributed by atoms with Crippen molar-refractivity contribution in [3.63, 3.8) is 0 Å². The van der Waals surface area contributed by atoms with Gasteiger partial charge in [0.05, 0.1) is 11.0 Å². The third-order valence-electron chi connectivity index (χ3n) is 4.10. The summed E-state index contributed by atoms with van der Waals surface area (Å²) in [6.07, 6.45) is 1.05. The van der Waals surface area contributed by atoms with E-state index in [0.29, 0.717) is 18.8 Å². The van der Waals surface area contributed by atoms with Crippen molar-refractivity contribution in [2.75, 3.05) is 5.32 Å². The van der Waals surface area contributed by atoms with Crippen molar-refractivity contribution >= 4 is 22.9 Å². The molecule has 0 unspecified atom stereocenters. The molecular formula is C20H18N4O. The van der Waals surface area contributed by atoms with Crippen LogP contribution in [-0.4, -0.2) is 20.9 Å². The lowest BCUT2D eigenvalue weighted by Crippen LogP contribution is -2.13. The Morgan fingerprint density at radius 1 is 0.920 bits per heavy atom. The molecule has 0 saturated heterocycles. The number of carbonyl (C=O) groups is 1. The van der Waals surface area contributed by atoms with E-state index in [9.17, 15) is 4.79 Å². The number of hydrogen-bond donors (Lipinski definition) is 3. The monoisotopic (exact) mass is 330 g/mol. The Balaban J connectivity index is 1.36. The van der Waals surface area contributed by atoms with Crippen LogP contribution >= 0.6 is 0 Å². The van der Waals surface area contributed by atoms with Crippen molar-refractivity contribution in [2.24, 2.45) is 0 Å². The maximum atomic E-state index is 12.2. The van der Waals surface area contributed by atoms with Gasteiger partial charge < -0.3 is 9.97 Å². The van der Waals surface area contributed by atoms with Gasteiger partial charge in [-0.25, -0.2) is 4.98 Å². The molecule has 5 heteroatoms. The predicted molar refractivity (Wildman–Crippen MR) is 99.3 cm³/mol. The zero-order valence-corrected chi connectivity index (χ0v) is 13.6. The van der Waals surface area contributed by atoms with Crippen LogP contribution in [0.25, 0.3) is 22.3 Å². The lowest BCUT2D eigenvalue weighted by molar-refractivity contribution is -0.116. The third kappa shape index (κ3) is 3.45. The number of aryl methyl sites for hydroxylation is 1. The first-order valence-corrected chi connectivity index (χ1v) is 8.26. The number of nitrogens with zero attached hydrogens (tertiary/aromatic N) is 1. The van der Waals surface area contributed by atoms with Gasteiger partial charge in [0.2, 0.25) is 11.9 Å². The van der Waals surface area contributed by atoms with Crippen LogP contribution < -0.4 is 5.32 Å². The van der Waals surface area contributed by atoms with Crippen LogP contribution in [0.15, 0.2) is 66.7 Å². The molecule has 4 rings (SSSR count). The number of benzene rings is 2. The van der Waals surface area contributed by atoms with Crippen LogP contribution in [0.1, 0.15) is 12.1 Å². The summed E-state index contributed by atoms with van der Waals surface area (Å²) in [7, 11) is 0. The van der Waals surface area contributed by atoms with Crippen molar-refractivity contribution in [1.29, 1.82) is 0 Å². The summed E-state index contributed by atoms with van der Waals surface area (Å²) < 4.78 is 0. The summed E-state index contributed by atoms with van der Waals surface area (Å²) in [6, 6.07) is 21.9. The van der Waals surface area contributed by atoms with Crippen molar-refractivity contribution in [3.05, 3.63) is 72.4 Å². The number of rotatable bonds is 5. The Morgan fingerprint density at radius 3 is 2.56 bits per heavy atom. The number of hydrogen-bond acceptors (Lipinski definition) is 2. The first kappa shape index (κ1) is 15.2. The summed E-state index contributed by atoms with van der Waals surface area (Å²) >= 11 is 0. The van der Waals surface area contributed by atoms with E-state index in [-0.39, 0.29) is 5.91 Å². The second-order valence-electron chi connectivity index (χ2n) is 5.91. The number of fused-ring (bicyclic) bond motifs is 1. The number of aromatic amines is 2. The minimum Gasteiger partial charge on any atom is -0.358 e. The van der Waals surface area contributed by atoms with Gasteiger partial charge in [0, 0.05) is 17.8 Å². The summed E-state index contributed by atoms with van der Waals surface area (Å²) in [5, 5.41) is 2.82. The Bertz CT molecular complexity index is 968. The highest BCUT2D eigenvalue weighted by Crippen LogP contribution is 2.19. The van der Waals surface area contributed by atoms with E-state index in [1.807, 2.05) is 54.6 Å². The molecule has 2 aromatic heterocycles. The highest BCUT2D eigenvalue weighted by Gasteiger charge is 2.08. The van der Waals surface area contributed by atoms with E-state index >= 15 is 0 Å². The van der Waals surface area contributed by atoms with Crippen LogP contribution in [0.2, 0.25) is 0 Å². The Labute approximate surface area is 145 Å². The SMILES string of the molecule is O=C(CCc1ccc(-c2ccccc2)[nH]1)Nc1nc2ccccc2[nH]1. The number of aromatic nitrogens is 3. The normalized spacial score (nSPS) is 10.9. The van der Waals surface area contributed by atoms with E-state index < -0.39 is 0 Å². The molecule has 2 aromatic carbocycles. The Morgan fingerprint density at radius 2 is 1.72 bits per heavy atom. The first-order valence-electron chi connectivity index (χ1n) is 8.26. The second-order valence-corrected chi connectivity index (χ2v) is 5.91. The average molecular weight is 330 g/mol. The van der Waals surface area contributed by atoms with E-state index in [1.165, 1.54) is 0 Å². The summed E-state index contributed by atoms with van der Waals surface area (Å²) in [6.45, 7) is 0. The highest BCUT2D eigenvalue weighted by molar-refractivity contribution is 5.91. The fraction of sp³-hybridized carbons (Fsp3) is 0.100. The highest BCUT2D eigenvalue weighted by atomic mass is 16.1. The van der Waals surface area contributed by atoms with E-state index in [0.717, 1.165) is 28.0 Å². The number of amides is 1. The minimum atomic E-state index is -0.0603. The van der Waals surface area contributed by atoms with Crippen molar-refractivity contribution in [1.82, 2.24) is 15.0 Å². The van der Waals surface area contributed by atoms with Gasteiger partial charge in [-0.3, -0.25) is 10.1 Å². The predicted octanol–water partition coefficient (Wildman–Crippen LogP) is 4.13. The average Bonchev–Trinajstić information content (AvgIpc) is 3.27. The first-order chi connectivity index (χ1) is 12.3. The number of imidazole rings is 1. The zero-order valence-electron chi connectivity index (χ0n) is 13.6. The van der Waals surface area contributed by atoms with E-state index in [2.05, 4.69) is 32.4 Å². The third-order valence-corrected chi connectivity index (χ3v) is 4.10. The molecule has 0 fully saturated rings. The van der Waals surface area contributed by atoms with Gasteiger partial charge in [-0.05, 0) is 36.2 Å². The number of para-hydroxylation sites is 2. The molecule has 1 amide bonds. The minimum absolute atomic E-state index is 0.0603. The molecule has 5 nitrogen and oxygen atoms in total. The molecule has 0 saturated carbocycles. The van der Waals surface area contributed by atoms with E-state index in [4.69, 9.17) is 0 Å². The lowest BCUT2D eigenvalue weighted by Gasteiger charge is -2.01. The van der Waals surface area contributed by atoms with Gasteiger partial charge in [-0.15, -0.1) is 0 Å². The molecule has 2 heterocycles. The maximum absolute atomic E-state index is 12.2. The van der Waals surface area contributed by atoms with Crippen LogP contribution in [0, 0.1) is 0 Å². The number of nitrogens with one attached hydrogen (secondary N) is 3. The van der Waals surface area contributed by atoms with Gasteiger partial charge in [0.1, 0.15) is 0 Å². The van der Waals surface area contributed by atoms with Crippen LogP contribution in [-0.2, 0) is 11.2 Å². The lowest BCUT2D eigenvalue weighted by atomic mass is 10.2. The Kier molecular flexibility index (Phi) is 4.04. The fourth-order valence-corrected chi connectivity index (χ4v) is 2.83. The number of anilines is 1. The molecule has 0 aliphatic rings. The molecule has 25 heavy (non-hydrogen) atoms.